The van der Waals surface area contributed by atoms with Gasteiger partial charge >= 0.3 is 0 Å². The van der Waals surface area contributed by atoms with E-state index >= 15 is 0 Å². The summed E-state index contributed by atoms with van der Waals surface area (Å²) >= 11 is 3.33. The Labute approximate surface area is 123 Å². The minimum atomic E-state index is -0.360. The van der Waals surface area contributed by atoms with Gasteiger partial charge in [0.25, 0.3) is 0 Å². The highest BCUT2D eigenvalue weighted by molar-refractivity contribution is 9.10. The molecule has 3 nitrogen and oxygen atoms in total. The fourth-order valence-corrected chi connectivity index (χ4v) is 2.26. The van der Waals surface area contributed by atoms with Crippen LogP contribution >= 0.6 is 15.9 Å². The summed E-state index contributed by atoms with van der Waals surface area (Å²) < 4.78 is 19.7. The number of nitrogens with zero attached hydrogens (tertiary/aromatic N) is 1. The summed E-state index contributed by atoms with van der Waals surface area (Å²) in [5.74, 6) is 0.620. The van der Waals surface area contributed by atoms with Crippen LogP contribution in [0.3, 0.4) is 0 Å². The van der Waals surface area contributed by atoms with Crippen LogP contribution < -0.4 is 10.5 Å². The van der Waals surface area contributed by atoms with Crippen LogP contribution in [0, 0.1) is 5.82 Å². The molecule has 0 bridgehead atoms. The van der Waals surface area contributed by atoms with Crippen LogP contribution in [0.25, 0.3) is 10.9 Å². The highest BCUT2D eigenvalue weighted by atomic mass is 79.9. The van der Waals surface area contributed by atoms with Gasteiger partial charge in [0, 0.05) is 17.6 Å². The van der Waals surface area contributed by atoms with Gasteiger partial charge in [0.05, 0.1) is 15.7 Å². The zero-order valence-corrected chi connectivity index (χ0v) is 11.9. The van der Waals surface area contributed by atoms with Crippen molar-refractivity contribution < 1.29 is 9.13 Å². The number of halogens is 2. The maximum absolute atomic E-state index is 13.3. The van der Waals surface area contributed by atoms with Gasteiger partial charge in [0.15, 0.2) is 0 Å². The third kappa shape index (κ3) is 2.32. The molecule has 0 amide bonds. The molecule has 1 aromatic heterocycles. The summed E-state index contributed by atoms with van der Waals surface area (Å²) in [5.41, 5.74) is 7.12. The number of hydrogen-bond donors (Lipinski definition) is 1. The van der Waals surface area contributed by atoms with Crippen LogP contribution in [0.2, 0.25) is 0 Å². The molecule has 0 saturated carbocycles. The highest BCUT2D eigenvalue weighted by Gasteiger charge is 2.09. The minimum Gasteiger partial charge on any atom is -0.455 e. The Morgan fingerprint density at radius 3 is 2.80 bits per heavy atom. The molecule has 0 atom stereocenters. The first-order valence-corrected chi connectivity index (χ1v) is 6.70. The van der Waals surface area contributed by atoms with Crippen LogP contribution in [-0.2, 0) is 0 Å². The van der Waals surface area contributed by atoms with Gasteiger partial charge in [-0.05, 0) is 52.3 Å². The van der Waals surface area contributed by atoms with E-state index in [2.05, 4.69) is 20.9 Å². The van der Waals surface area contributed by atoms with E-state index in [9.17, 15) is 4.39 Å². The van der Waals surface area contributed by atoms with Crippen molar-refractivity contribution in [3.63, 3.8) is 0 Å². The molecule has 20 heavy (non-hydrogen) atoms. The SMILES string of the molecule is Nc1ccc(Oc2cc(F)ccc2Br)c2cccnc12. The van der Waals surface area contributed by atoms with Gasteiger partial charge in [-0.2, -0.15) is 0 Å². The zero-order chi connectivity index (χ0) is 14.1. The number of benzene rings is 2. The van der Waals surface area contributed by atoms with Crippen LogP contribution in [-0.4, -0.2) is 4.98 Å². The molecule has 0 saturated heterocycles. The number of nitrogens with two attached hydrogens (primary N) is 1. The summed E-state index contributed by atoms with van der Waals surface area (Å²) in [6.07, 6.45) is 1.67. The summed E-state index contributed by atoms with van der Waals surface area (Å²) in [5, 5.41) is 0.781. The molecule has 0 aliphatic carbocycles. The van der Waals surface area contributed by atoms with E-state index in [1.54, 1.807) is 30.5 Å². The number of fused-ring (bicyclic) bond motifs is 1. The molecular weight excluding hydrogens is 323 g/mol. The summed E-state index contributed by atoms with van der Waals surface area (Å²) in [6, 6.07) is 11.4. The maximum Gasteiger partial charge on any atom is 0.144 e. The standard InChI is InChI=1S/C15H10BrFN2O/c16-11-4-3-9(17)8-14(11)20-13-6-5-12(18)15-10(13)2-1-7-19-15/h1-8H,18H2. The lowest BCUT2D eigenvalue weighted by atomic mass is 10.1. The fourth-order valence-electron chi connectivity index (χ4n) is 1.93. The van der Waals surface area contributed by atoms with Crippen molar-refractivity contribution >= 4 is 32.5 Å². The second-order valence-corrected chi connectivity index (χ2v) is 5.08. The van der Waals surface area contributed by atoms with Crippen molar-refractivity contribution in [1.29, 1.82) is 0 Å². The number of hydrogen-bond acceptors (Lipinski definition) is 3. The monoisotopic (exact) mass is 332 g/mol. The Bertz CT molecular complexity index is 792. The molecule has 0 radical (unpaired) electrons. The molecule has 0 aliphatic heterocycles. The van der Waals surface area contributed by atoms with Gasteiger partial charge in [-0.3, -0.25) is 4.98 Å². The van der Waals surface area contributed by atoms with Crippen LogP contribution in [0.1, 0.15) is 0 Å². The van der Waals surface area contributed by atoms with Gasteiger partial charge in [0.1, 0.15) is 17.3 Å². The van der Waals surface area contributed by atoms with E-state index in [-0.39, 0.29) is 5.82 Å². The molecule has 3 aromatic rings. The van der Waals surface area contributed by atoms with Gasteiger partial charge in [0.2, 0.25) is 0 Å². The molecule has 5 heteroatoms. The van der Waals surface area contributed by atoms with Gasteiger partial charge in [-0.15, -0.1) is 0 Å². The highest BCUT2D eigenvalue weighted by Crippen LogP contribution is 2.35. The molecule has 0 fully saturated rings. The van der Waals surface area contributed by atoms with E-state index < -0.39 is 0 Å². The second kappa shape index (κ2) is 5.09. The third-order valence-electron chi connectivity index (χ3n) is 2.87. The first-order valence-electron chi connectivity index (χ1n) is 5.91. The predicted molar refractivity (Wildman–Crippen MR) is 80.3 cm³/mol. The van der Waals surface area contributed by atoms with Crippen LogP contribution in [0.5, 0.6) is 11.5 Å². The molecule has 1 heterocycles. The Morgan fingerprint density at radius 2 is 1.95 bits per heavy atom. The minimum absolute atomic E-state index is 0.360. The van der Waals surface area contributed by atoms with Crippen molar-refractivity contribution in [2.45, 2.75) is 0 Å². The zero-order valence-electron chi connectivity index (χ0n) is 10.3. The first kappa shape index (κ1) is 12.9. The summed E-state index contributed by atoms with van der Waals surface area (Å²) in [4.78, 5) is 4.23. The first-order chi connectivity index (χ1) is 9.65. The predicted octanol–water partition coefficient (Wildman–Crippen LogP) is 4.51. The number of ether oxygens (including phenoxy) is 1. The van der Waals surface area contributed by atoms with E-state index in [0.717, 1.165) is 5.39 Å². The Balaban J connectivity index is 2.11. The van der Waals surface area contributed by atoms with E-state index in [1.165, 1.54) is 12.1 Å². The van der Waals surface area contributed by atoms with E-state index in [4.69, 9.17) is 10.5 Å². The smallest absolute Gasteiger partial charge is 0.144 e. The van der Waals surface area contributed by atoms with E-state index in [1.807, 2.05) is 6.07 Å². The number of anilines is 1. The largest absolute Gasteiger partial charge is 0.455 e. The molecule has 2 N–H and O–H groups in total. The average Bonchev–Trinajstić information content (AvgIpc) is 2.46. The third-order valence-corrected chi connectivity index (χ3v) is 3.53. The number of nitrogen functional groups attached to an aromatic ring is 1. The molecule has 0 unspecified atom stereocenters. The van der Waals surface area contributed by atoms with Gasteiger partial charge in [-0.1, -0.05) is 0 Å². The Morgan fingerprint density at radius 1 is 1.10 bits per heavy atom. The van der Waals surface area contributed by atoms with Crippen molar-refractivity contribution in [2.24, 2.45) is 0 Å². The fraction of sp³-hybridized carbons (Fsp3) is 0. The molecule has 2 aromatic carbocycles. The average molecular weight is 333 g/mol. The van der Waals surface area contributed by atoms with Crippen molar-refractivity contribution in [3.8, 4) is 11.5 Å². The Hall–Kier alpha value is -2.14. The quantitative estimate of drug-likeness (QED) is 0.702. The Kier molecular flexibility index (Phi) is 3.28. The van der Waals surface area contributed by atoms with Crippen LogP contribution in [0.4, 0.5) is 10.1 Å². The lowest BCUT2D eigenvalue weighted by Crippen LogP contribution is -1.93. The van der Waals surface area contributed by atoms with Gasteiger partial charge < -0.3 is 10.5 Å². The van der Waals surface area contributed by atoms with Crippen molar-refractivity contribution in [3.05, 3.63) is 59.0 Å². The van der Waals surface area contributed by atoms with Crippen LogP contribution in [0.15, 0.2) is 53.1 Å². The molecule has 100 valence electrons. The summed E-state index contributed by atoms with van der Waals surface area (Å²) in [7, 11) is 0. The van der Waals surface area contributed by atoms with E-state index in [0.29, 0.717) is 27.2 Å². The molecular formula is C15H10BrFN2O. The lowest BCUT2D eigenvalue weighted by Gasteiger charge is -2.11. The number of aromatic nitrogens is 1. The molecule has 0 spiro atoms. The maximum atomic E-state index is 13.3. The second-order valence-electron chi connectivity index (χ2n) is 4.23. The molecule has 3 rings (SSSR count). The number of pyridine rings is 1. The normalized spacial score (nSPS) is 10.7. The number of rotatable bonds is 2. The topological polar surface area (TPSA) is 48.1 Å². The lowest BCUT2D eigenvalue weighted by molar-refractivity contribution is 0.479. The van der Waals surface area contributed by atoms with Gasteiger partial charge in [-0.25, -0.2) is 4.39 Å². The summed E-state index contributed by atoms with van der Waals surface area (Å²) in [6.45, 7) is 0. The van der Waals surface area contributed by atoms with Crippen molar-refractivity contribution in [1.82, 2.24) is 4.98 Å². The molecule has 0 aliphatic rings. The van der Waals surface area contributed by atoms with Crippen molar-refractivity contribution in [2.75, 3.05) is 5.73 Å².